The zero-order chi connectivity index (χ0) is 30.0. The van der Waals surface area contributed by atoms with Gasteiger partial charge in [0.2, 0.25) is 11.8 Å². The highest BCUT2D eigenvalue weighted by Gasteiger charge is 2.29. The van der Waals surface area contributed by atoms with Crippen LogP contribution < -0.4 is 27.2 Å². The van der Waals surface area contributed by atoms with Crippen LogP contribution in [0.5, 0.6) is 0 Å². The largest absolute Gasteiger partial charge is 0.460 e. The molecule has 41 heavy (non-hydrogen) atoms. The highest BCUT2D eigenvalue weighted by atomic mass is 16.6. The molecule has 12 heteroatoms. The van der Waals surface area contributed by atoms with E-state index >= 15 is 0 Å². The Bertz CT molecular complexity index is 1230. The van der Waals surface area contributed by atoms with E-state index in [-0.39, 0.29) is 18.9 Å². The maximum Gasteiger partial charge on any atom is 0.407 e. The molecular weight excluding hydrogens is 530 g/mol. The maximum absolute atomic E-state index is 12.2. The molecule has 6 N–H and O–H groups in total. The Kier molecular flexibility index (Phi) is 10.7. The van der Waals surface area contributed by atoms with Crippen LogP contribution in [0.15, 0.2) is 48.5 Å². The van der Waals surface area contributed by atoms with Crippen LogP contribution in [0.4, 0.5) is 9.59 Å². The number of primary amides is 1. The van der Waals surface area contributed by atoms with Crippen LogP contribution in [-0.2, 0) is 23.9 Å². The number of rotatable bonds is 11. The zero-order valence-electron chi connectivity index (χ0n) is 23.5. The Morgan fingerprint density at radius 2 is 1.51 bits per heavy atom. The third-order valence-corrected chi connectivity index (χ3v) is 6.20. The van der Waals surface area contributed by atoms with Crippen molar-refractivity contribution in [3.63, 3.8) is 0 Å². The van der Waals surface area contributed by atoms with Gasteiger partial charge in [0, 0.05) is 18.9 Å². The summed E-state index contributed by atoms with van der Waals surface area (Å²) in [5.74, 6) is -2.15. The van der Waals surface area contributed by atoms with Crippen LogP contribution in [0.2, 0.25) is 0 Å². The maximum atomic E-state index is 12.2. The van der Waals surface area contributed by atoms with Gasteiger partial charge in [0.25, 0.3) is 0 Å². The van der Waals surface area contributed by atoms with Crippen molar-refractivity contribution in [2.45, 2.75) is 64.0 Å². The molecule has 1 aliphatic carbocycles. The van der Waals surface area contributed by atoms with E-state index in [1.165, 1.54) is 0 Å². The van der Waals surface area contributed by atoms with Gasteiger partial charge in [0.1, 0.15) is 18.2 Å². The van der Waals surface area contributed by atoms with Crippen LogP contribution in [-0.4, -0.2) is 54.7 Å². The van der Waals surface area contributed by atoms with Gasteiger partial charge in [-0.2, -0.15) is 0 Å². The van der Waals surface area contributed by atoms with Crippen LogP contribution in [0.3, 0.4) is 0 Å². The highest BCUT2D eigenvalue weighted by Crippen LogP contribution is 2.44. The number of hydrazine groups is 1. The third kappa shape index (κ3) is 9.52. The zero-order valence-corrected chi connectivity index (χ0v) is 23.5. The number of carbonyl (C=O) groups is 5. The predicted molar refractivity (Wildman–Crippen MR) is 150 cm³/mol. The second-order valence-corrected chi connectivity index (χ2v) is 10.6. The monoisotopic (exact) mass is 567 g/mol. The summed E-state index contributed by atoms with van der Waals surface area (Å²) in [6.45, 7) is 5.51. The normalized spacial score (nSPS) is 12.8. The molecule has 0 saturated heterocycles. The second kappa shape index (κ2) is 14.1. The number of fused-ring (bicyclic) bond motifs is 3. The van der Waals surface area contributed by atoms with Crippen molar-refractivity contribution in [1.29, 1.82) is 0 Å². The lowest BCUT2D eigenvalue weighted by Gasteiger charge is -2.21. The van der Waals surface area contributed by atoms with Gasteiger partial charge >= 0.3 is 18.1 Å². The number of hydrogen-bond acceptors (Lipinski definition) is 7. The van der Waals surface area contributed by atoms with Gasteiger partial charge in [-0.15, -0.1) is 0 Å². The number of urea groups is 1. The number of nitrogens with two attached hydrogens (primary N) is 1. The molecule has 2 aromatic carbocycles. The summed E-state index contributed by atoms with van der Waals surface area (Å²) in [6.07, 6.45) is 0.0178. The Labute approximate surface area is 238 Å². The summed E-state index contributed by atoms with van der Waals surface area (Å²) in [5.41, 5.74) is 13.3. The van der Waals surface area contributed by atoms with Crippen molar-refractivity contribution in [3.8, 4) is 11.1 Å². The van der Waals surface area contributed by atoms with E-state index in [1.54, 1.807) is 20.8 Å². The summed E-state index contributed by atoms with van der Waals surface area (Å²) < 4.78 is 10.6. The van der Waals surface area contributed by atoms with Crippen molar-refractivity contribution >= 4 is 29.9 Å². The summed E-state index contributed by atoms with van der Waals surface area (Å²) >= 11 is 0. The summed E-state index contributed by atoms with van der Waals surface area (Å²) in [6, 6.07) is 13.9. The van der Waals surface area contributed by atoms with E-state index in [2.05, 4.69) is 33.6 Å². The molecule has 12 nitrogen and oxygen atoms in total. The second-order valence-electron chi connectivity index (χ2n) is 10.6. The van der Waals surface area contributed by atoms with Gasteiger partial charge in [-0.05, 0) is 55.9 Å². The predicted octanol–water partition coefficient (Wildman–Crippen LogP) is 2.61. The first-order valence-corrected chi connectivity index (χ1v) is 13.4. The summed E-state index contributed by atoms with van der Waals surface area (Å²) in [4.78, 5) is 59.8. The Hall–Kier alpha value is -4.61. The van der Waals surface area contributed by atoms with Crippen LogP contribution in [0.1, 0.15) is 63.5 Å². The van der Waals surface area contributed by atoms with E-state index in [0.29, 0.717) is 19.4 Å². The summed E-state index contributed by atoms with van der Waals surface area (Å²) in [5, 5.41) is 4.91. The molecule has 0 heterocycles. The van der Waals surface area contributed by atoms with Crippen LogP contribution >= 0.6 is 0 Å². The Balaban J connectivity index is 1.30. The number of amides is 5. The van der Waals surface area contributed by atoms with E-state index in [1.807, 2.05) is 36.4 Å². The fourth-order valence-corrected chi connectivity index (χ4v) is 4.41. The molecule has 0 aliphatic heterocycles. The van der Waals surface area contributed by atoms with E-state index < -0.39 is 48.0 Å². The molecule has 0 saturated carbocycles. The molecule has 0 aromatic heterocycles. The Morgan fingerprint density at radius 3 is 2.10 bits per heavy atom. The van der Waals surface area contributed by atoms with Crippen LogP contribution in [0, 0.1) is 0 Å². The number of ether oxygens (including phenoxy) is 2. The molecule has 3 rings (SSSR count). The molecular formula is C29H37N5O7. The lowest BCUT2D eigenvalue weighted by atomic mass is 9.98. The number of nitrogens with one attached hydrogen (secondary N) is 4. The van der Waals surface area contributed by atoms with Crippen LogP contribution in [0.25, 0.3) is 11.1 Å². The fourth-order valence-electron chi connectivity index (χ4n) is 4.41. The SMILES string of the molecule is CC(C)(C)OC(=O)C[C@H](NC(=O)NNC(=O)CCCCNC(=O)OCC1c2ccccc2-c2ccccc21)C(N)=O. The smallest absolute Gasteiger partial charge is 0.407 e. The van der Waals surface area contributed by atoms with Gasteiger partial charge in [-0.1, -0.05) is 48.5 Å². The minimum Gasteiger partial charge on any atom is -0.460 e. The lowest BCUT2D eigenvalue weighted by Crippen LogP contribution is -2.53. The van der Waals surface area contributed by atoms with Gasteiger partial charge in [-0.25, -0.2) is 15.0 Å². The average molecular weight is 568 g/mol. The molecule has 220 valence electrons. The van der Waals surface area contributed by atoms with Crippen molar-refractivity contribution in [3.05, 3.63) is 59.7 Å². The fraction of sp³-hybridized carbons (Fsp3) is 0.414. The number of unbranched alkanes of at least 4 members (excludes halogenated alkanes) is 1. The van der Waals surface area contributed by atoms with E-state index in [0.717, 1.165) is 22.3 Å². The molecule has 0 spiro atoms. The minimum atomic E-state index is -1.31. The number of hydrogen-bond donors (Lipinski definition) is 5. The van der Waals surface area contributed by atoms with Crippen molar-refractivity contribution < 1.29 is 33.4 Å². The average Bonchev–Trinajstić information content (AvgIpc) is 3.22. The van der Waals surface area contributed by atoms with Gasteiger partial charge in [0.15, 0.2) is 0 Å². The minimum absolute atomic E-state index is 0.0305. The number of alkyl carbamates (subject to hydrolysis) is 1. The molecule has 0 radical (unpaired) electrons. The van der Waals surface area contributed by atoms with Crippen molar-refractivity contribution in [2.75, 3.05) is 13.2 Å². The highest BCUT2D eigenvalue weighted by molar-refractivity contribution is 5.90. The quantitative estimate of drug-likeness (QED) is 0.157. The van der Waals surface area contributed by atoms with Gasteiger partial charge < -0.3 is 25.8 Å². The molecule has 1 aliphatic rings. The molecule has 0 unspecified atom stereocenters. The summed E-state index contributed by atoms with van der Waals surface area (Å²) in [7, 11) is 0. The molecule has 5 amide bonds. The Morgan fingerprint density at radius 1 is 0.902 bits per heavy atom. The van der Waals surface area contributed by atoms with Gasteiger partial charge in [0.05, 0.1) is 6.42 Å². The molecule has 0 bridgehead atoms. The van der Waals surface area contributed by atoms with Crippen molar-refractivity contribution in [1.82, 2.24) is 21.5 Å². The number of carbonyl (C=O) groups excluding carboxylic acids is 5. The van der Waals surface area contributed by atoms with E-state index in [4.69, 9.17) is 15.2 Å². The molecule has 2 aromatic rings. The topological polar surface area (TPSA) is 178 Å². The number of benzene rings is 2. The first-order valence-electron chi connectivity index (χ1n) is 13.4. The van der Waals surface area contributed by atoms with Crippen molar-refractivity contribution in [2.24, 2.45) is 5.73 Å². The molecule has 0 fully saturated rings. The first-order chi connectivity index (χ1) is 19.4. The molecule has 1 atom stereocenters. The first kappa shape index (κ1) is 30.9. The van der Waals surface area contributed by atoms with Gasteiger partial charge in [-0.3, -0.25) is 19.8 Å². The lowest BCUT2D eigenvalue weighted by molar-refractivity contribution is -0.156. The van der Waals surface area contributed by atoms with E-state index in [9.17, 15) is 24.0 Å². The third-order valence-electron chi connectivity index (χ3n) is 6.20. The standard InChI is InChI=1S/C29H37N5O7/c1-29(2,3)41-25(36)16-23(26(30)37)32-27(38)34-33-24(35)14-8-9-15-31-28(39)40-17-22-20-12-6-4-10-18(20)19-11-5-7-13-21(19)22/h4-7,10-13,22-23H,8-9,14-17H2,1-3H3,(H2,30,37)(H,31,39)(H,33,35)(H2,32,34,38)/t23-/m0/s1. The number of esters is 1.